The van der Waals surface area contributed by atoms with Crippen molar-refractivity contribution in [2.45, 2.75) is 19.4 Å². The summed E-state index contributed by atoms with van der Waals surface area (Å²) in [5.41, 5.74) is 2.52. The molecule has 0 atom stereocenters. The highest BCUT2D eigenvalue weighted by molar-refractivity contribution is 6.30. The van der Waals surface area contributed by atoms with Crippen LogP contribution in [0.4, 0.5) is 5.69 Å². The molecule has 0 bridgehead atoms. The van der Waals surface area contributed by atoms with Crippen molar-refractivity contribution in [3.63, 3.8) is 0 Å². The normalized spacial score (nSPS) is 20.2. The molecule has 0 saturated heterocycles. The average molecular weight is 224 g/mol. The van der Waals surface area contributed by atoms with Crippen LogP contribution in [-0.4, -0.2) is 13.3 Å². The molecule has 1 heterocycles. The number of ether oxygens (including phenoxy) is 1. The van der Waals surface area contributed by atoms with Crippen LogP contribution in [0.15, 0.2) is 18.2 Å². The number of hydrogen-bond acceptors (Lipinski definition) is 2. The Morgan fingerprint density at radius 3 is 3.07 bits per heavy atom. The van der Waals surface area contributed by atoms with Gasteiger partial charge in [-0.15, -0.1) is 0 Å². The lowest BCUT2D eigenvalue weighted by atomic mass is 10.1. The number of nitrogens with zero attached hydrogens (tertiary/aromatic N) is 1. The molecule has 15 heavy (non-hydrogen) atoms. The van der Waals surface area contributed by atoms with Gasteiger partial charge < -0.3 is 9.64 Å². The quantitative estimate of drug-likeness (QED) is 0.764. The molecule has 1 fully saturated rings. The first-order valence-corrected chi connectivity index (χ1v) is 5.82. The van der Waals surface area contributed by atoms with Gasteiger partial charge in [-0.1, -0.05) is 11.6 Å². The lowest BCUT2D eigenvalue weighted by Crippen LogP contribution is -2.32. The van der Waals surface area contributed by atoms with Crippen LogP contribution in [0.25, 0.3) is 0 Å². The zero-order valence-corrected chi connectivity index (χ0v) is 9.33. The molecule has 0 aromatic heterocycles. The number of halogens is 1. The van der Waals surface area contributed by atoms with Gasteiger partial charge in [0.2, 0.25) is 0 Å². The number of anilines is 1. The number of fused-ring (bicyclic) bond motifs is 1. The van der Waals surface area contributed by atoms with Crippen molar-refractivity contribution >= 4 is 17.3 Å². The molecule has 0 N–H and O–H groups in total. The van der Waals surface area contributed by atoms with Crippen LogP contribution >= 0.6 is 11.6 Å². The molecule has 1 aliphatic heterocycles. The molecule has 80 valence electrons. The van der Waals surface area contributed by atoms with Gasteiger partial charge in [0, 0.05) is 22.8 Å². The number of rotatable bonds is 2. The van der Waals surface area contributed by atoms with Crippen LogP contribution in [0.2, 0.25) is 5.02 Å². The zero-order valence-electron chi connectivity index (χ0n) is 8.58. The molecule has 1 aliphatic carbocycles. The standard InChI is InChI=1S/C12H14ClNO/c13-11-3-4-12-10(5-11)7-15-8-14(12)6-9-1-2-9/h3-5,9H,1-2,6-8H2. The van der Waals surface area contributed by atoms with Gasteiger partial charge >= 0.3 is 0 Å². The van der Waals surface area contributed by atoms with Crippen molar-refractivity contribution in [3.8, 4) is 0 Å². The van der Waals surface area contributed by atoms with Crippen molar-refractivity contribution < 1.29 is 4.74 Å². The molecule has 0 unspecified atom stereocenters. The molecule has 2 aliphatic rings. The van der Waals surface area contributed by atoms with Gasteiger partial charge in [-0.25, -0.2) is 0 Å². The smallest absolute Gasteiger partial charge is 0.119 e. The minimum Gasteiger partial charge on any atom is -0.356 e. The maximum atomic E-state index is 5.97. The van der Waals surface area contributed by atoms with E-state index in [4.69, 9.17) is 16.3 Å². The van der Waals surface area contributed by atoms with Gasteiger partial charge in [0.25, 0.3) is 0 Å². The molecule has 3 rings (SSSR count). The Hall–Kier alpha value is -0.730. The van der Waals surface area contributed by atoms with Crippen LogP contribution < -0.4 is 4.90 Å². The van der Waals surface area contributed by atoms with E-state index >= 15 is 0 Å². The van der Waals surface area contributed by atoms with Crippen LogP contribution in [0.1, 0.15) is 18.4 Å². The minimum atomic E-state index is 0.692. The van der Waals surface area contributed by atoms with E-state index in [0.29, 0.717) is 6.61 Å². The minimum absolute atomic E-state index is 0.692. The largest absolute Gasteiger partial charge is 0.356 e. The zero-order chi connectivity index (χ0) is 10.3. The predicted octanol–water partition coefficient (Wildman–Crippen LogP) is 3.04. The van der Waals surface area contributed by atoms with Gasteiger partial charge in [0.05, 0.1) is 6.61 Å². The molecular weight excluding hydrogens is 210 g/mol. The van der Waals surface area contributed by atoms with Gasteiger partial charge in [-0.3, -0.25) is 0 Å². The van der Waals surface area contributed by atoms with E-state index in [9.17, 15) is 0 Å². The predicted molar refractivity (Wildman–Crippen MR) is 61.2 cm³/mol. The van der Waals surface area contributed by atoms with Crippen molar-refractivity contribution in [2.24, 2.45) is 5.92 Å². The van der Waals surface area contributed by atoms with E-state index in [1.807, 2.05) is 12.1 Å². The second-order valence-corrected chi connectivity index (χ2v) is 4.85. The van der Waals surface area contributed by atoms with E-state index in [2.05, 4.69) is 11.0 Å². The summed E-state index contributed by atoms with van der Waals surface area (Å²) in [4.78, 5) is 2.33. The molecule has 1 aromatic carbocycles. The summed E-state index contributed by atoms with van der Waals surface area (Å²) in [6.45, 7) is 2.55. The van der Waals surface area contributed by atoms with E-state index in [1.54, 1.807) is 0 Å². The topological polar surface area (TPSA) is 12.5 Å². The Balaban J connectivity index is 1.87. The number of hydrogen-bond donors (Lipinski definition) is 0. The van der Waals surface area contributed by atoms with E-state index in [1.165, 1.54) is 24.1 Å². The van der Waals surface area contributed by atoms with Crippen molar-refractivity contribution in [1.29, 1.82) is 0 Å². The van der Waals surface area contributed by atoms with Crippen LogP contribution in [0.5, 0.6) is 0 Å². The van der Waals surface area contributed by atoms with Gasteiger partial charge in [0.1, 0.15) is 6.73 Å². The maximum absolute atomic E-state index is 5.97. The Labute approximate surface area is 94.8 Å². The Bertz CT molecular complexity index is 376. The van der Waals surface area contributed by atoms with E-state index in [0.717, 1.165) is 24.2 Å². The second kappa shape index (κ2) is 3.69. The van der Waals surface area contributed by atoms with Gasteiger partial charge in [-0.05, 0) is 37.0 Å². The van der Waals surface area contributed by atoms with Crippen LogP contribution in [-0.2, 0) is 11.3 Å². The van der Waals surface area contributed by atoms with Gasteiger partial charge in [-0.2, -0.15) is 0 Å². The highest BCUT2D eigenvalue weighted by Gasteiger charge is 2.27. The molecule has 0 spiro atoms. The molecular formula is C12H14ClNO. The summed E-state index contributed by atoms with van der Waals surface area (Å²) in [5, 5.41) is 0.797. The molecule has 1 saturated carbocycles. The second-order valence-electron chi connectivity index (χ2n) is 4.42. The summed E-state index contributed by atoms with van der Waals surface area (Å²) in [6.07, 6.45) is 2.75. The molecule has 0 radical (unpaired) electrons. The Morgan fingerprint density at radius 2 is 2.27 bits per heavy atom. The van der Waals surface area contributed by atoms with Gasteiger partial charge in [0.15, 0.2) is 0 Å². The summed E-state index contributed by atoms with van der Waals surface area (Å²) in [7, 11) is 0. The monoisotopic (exact) mass is 223 g/mol. The first kappa shape index (κ1) is 9.49. The summed E-state index contributed by atoms with van der Waals surface area (Å²) < 4.78 is 5.56. The Morgan fingerprint density at radius 1 is 1.40 bits per heavy atom. The third kappa shape index (κ3) is 1.97. The summed E-state index contributed by atoms with van der Waals surface area (Å²) in [6, 6.07) is 6.09. The number of benzene rings is 1. The highest BCUT2D eigenvalue weighted by atomic mass is 35.5. The third-order valence-corrected chi connectivity index (χ3v) is 3.30. The van der Waals surface area contributed by atoms with Crippen LogP contribution in [0, 0.1) is 5.92 Å². The summed E-state index contributed by atoms with van der Waals surface area (Å²) in [5.74, 6) is 0.884. The fraction of sp³-hybridized carbons (Fsp3) is 0.500. The maximum Gasteiger partial charge on any atom is 0.119 e. The molecule has 2 nitrogen and oxygen atoms in total. The van der Waals surface area contributed by atoms with Crippen molar-refractivity contribution in [3.05, 3.63) is 28.8 Å². The lowest BCUT2D eigenvalue weighted by molar-refractivity contribution is 0.109. The third-order valence-electron chi connectivity index (χ3n) is 3.06. The lowest BCUT2D eigenvalue weighted by Gasteiger charge is -2.31. The molecule has 0 amide bonds. The van der Waals surface area contributed by atoms with E-state index in [-0.39, 0.29) is 0 Å². The van der Waals surface area contributed by atoms with E-state index < -0.39 is 0 Å². The summed E-state index contributed by atoms with van der Waals surface area (Å²) >= 11 is 5.97. The molecule has 3 heteroatoms. The highest BCUT2D eigenvalue weighted by Crippen LogP contribution is 2.34. The first-order valence-electron chi connectivity index (χ1n) is 5.44. The SMILES string of the molecule is Clc1ccc2c(c1)COCN2CC1CC1. The molecule has 1 aromatic rings. The van der Waals surface area contributed by atoms with Crippen LogP contribution in [0.3, 0.4) is 0 Å². The van der Waals surface area contributed by atoms with Crippen molar-refractivity contribution in [2.75, 3.05) is 18.2 Å². The first-order chi connectivity index (χ1) is 7.33. The fourth-order valence-corrected chi connectivity index (χ4v) is 2.27. The Kier molecular flexibility index (Phi) is 2.33. The fourth-order valence-electron chi connectivity index (χ4n) is 2.08. The average Bonchev–Trinajstić information content (AvgIpc) is 3.01. The van der Waals surface area contributed by atoms with Crippen molar-refractivity contribution in [1.82, 2.24) is 0 Å².